The minimum Gasteiger partial charge on any atom is -0.405 e. The molecular formula is C18H22BO2. The largest absolute Gasteiger partial charge is 0.488 e. The summed E-state index contributed by atoms with van der Waals surface area (Å²) in [4.78, 5) is 0. The first-order valence-corrected chi connectivity index (χ1v) is 7.20. The normalized spacial score (nSPS) is 18.3. The van der Waals surface area contributed by atoms with Crippen molar-refractivity contribution in [1.29, 1.82) is 0 Å². The van der Waals surface area contributed by atoms with Crippen LogP contribution in [0.4, 0.5) is 0 Å². The lowest BCUT2D eigenvalue weighted by atomic mass is 9.90. The van der Waals surface area contributed by atoms with Crippen LogP contribution in [0.25, 0.3) is 11.1 Å². The fraction of sp³-hybridized carbons (Fsp3) is 0.333. The molecule has 0 spiro atoms. The molecule has 1 heterocycles. The molecule has 2 nitrogen and oxygen atoms in total. The Bertz CT molecular complexity index is 498. The van der Waals surface area contributed by atoms with Crippen LogP contribution in [0.3, 0.4) is 0 Å². The van der Waals surface area contributed by atoms with E-state index in [9.17, 15) is 0 Å². The van der Waals surface area contributed by atoms with E-state index in [4.69, 9.17) is 9.31 Å². The molecule has 3 rings (SSSR count). The quantitative estimate of drug-likeness (QED) is 0.717. The van der Waals surface area contributed by atoms with Crippen molar-refractivity contribution in [2.24, 2.45) is 0 Å². The zero-order valence-electron chi connectivity index (χ0n) is 13.2. The van der Waals surface area contributed by atoms with E-state index in [1.54, 1.807) is 0 Å². The van der Waals surface area contributed by atoms with Gasteiger partial charge in [-0.15, -0.1) is 0 Å². The third kappa shape index (κ3) is 3.96. The van der Waals surface area contributed by atoms with Crippen molar-refractivity contribution in [3.05, 3.63) is 60.7 Å². The van der Waals surface area contributed by atoms with Gasteiger partial charge in [-0.3, -0.25) is 0 Å². The van der Waals surface area contributed by atoms with Crippen LogP contribution in [0.15, 0.2) is 60.7 Å². The molecule has 21 heavy (non-hydrogen) atoms. The minimum atomic E-state index is -0.188. The summed E-state index contributed by atoms with van der Waals surface area (Å²) in [6, 6.07) is 20.8. The summed E-state index contributed by atoms with van der Waals surface area (Å²) >= 11 is 0. The Hall–Kier alpha value is -1.58. The van der Waals surface area contributed by atoms with Crippen LogP contribution >= 0.6 is 0 Å². The van der Waals surface area contributed by atoms with Gasteiger partial charge >= 0.3 is 7.69 Å². The highest BCUT2D eigenvalue weighted by Gasteiger charge is 2.44. The molecule has 0 bridgehead atoms. The lowest BCUT2D eigenvalue weighted by Crippen LogP contribution is -2.41. The van der Waals surface area contributed by atoms with Crippen LogP contribution in [-0.2, 0) is 9.31 Å². The van der Waals surface area contributed by atoms with Crippen LogP contribution in [0, 0.1) is 0 Å². The third-order valence-electron chi connectivity index (χ3n) is 4.02. The van der Waals surface area contributed by atoms with Crippen LogP contribution in [0.1, 0.15) is 27.7 Å². The van der Waals surface area contributed by atoms with Gasteiger partial charge in [0.05, 0.1) is 11.2 Å². The van der Waals surface area contributed by atoms with Crippen molar-refractivity contribution in [1.82, 2.24) is 0 Å². The van der Waals surface area contributed by atoms with Gasteiger partial charge in [-0.25, -0.2) is 0 Å². The zero-order chi connectivity index (χ0) is 15.3. The molecule has 2 aromatic rings. The second-order valence-corrected chi connectivity index (χ2v) is 6.08. The fourth-order valence-electron chi connectivity index (χ4n) is 1.81. The van der Waals surface area contributed by atoms with E-state index in [1.165, 1.54) is 18.8 Å². The minimum absolute atomic E-state index is 0.187. The average molecular weight is 281 g/mol. The van der Waals surface area contributed by atoms with Gasteiger partial charge in [-0.1, -0.05) is 60.7 Å². The summed E-state index contributed by atoms with van der Waals surface area (Å²) in [6.45, 7) is 8.04. The fourth-order valence-corrected chi connectivity index (χ4v) is 1.81. The van der Waals surface area contributed by atoms with Crippen LogP contribution in [0.2, 0.25) is 0 Å². The highest BCUT2D eigenvalue weighted by molar-refractivity contribution is 6.19. The van der Waals surface area contributed by atoms with Crippen molar-refractivity contribution in [3.8, 4) is 11.1 Å². The molecular weight excluding hydrogens is 259 g/mol. The van der Waals surface area contributed by atoms with Gasteiger partial charge in [0.15, 0.2) is 0 Å². The average Bonchev–Trinajstić information content (AvgIpc) is 2.73. The summed E-state index contributed by atoms with van der Waals surface area (Å²) in [5.74, 6) is 0. The van der Waals surface area contributed by atoms with E-state index in [0.29, 0.717) is 0 Å². The first-order chi connectivity index (χ1) is 9.92. The van der Waals surface area contributed by atoms with E-state index in [1.807, 2.05) is 39.8 Å². The Morgan fingerprint density at radius 3 is 1.19 bits per heavy atom. The van der Waals surface area contributed by atoms with E-state index in [-0.39, 0.29) is 11.2 Å². The van der Waals surface area contributed by atoms with Gasteiger partial charge in [0.25, 0.3) is 0 Å². The SMILES string of the molecule is CC1(C)O[B]OC1(C)C.c1ccc(-c2ccccc2)cc1. The molecule has 1 saturated heterocycles. The van der Waals surface area contributed by atoms with E-state index >= 15 is 0 Å². The number of rotatable bonds is 1. The van der Waals surface area contributed by atoms with Gasteiger partial charge in [-0.2, -0.15) is 0 Å². The van der Waals surface area contributed by atoms with Gasteiger partial charge in [0.2, 0.25) is 0 Å². The Balaban J connectivity index is 0.000000161. The van der Waals surface area contributed by atoms with E-state index in [0.717, 1.165) is 0 Å². The molecule has 3 heteroatoms. The molecule has 0 aliphatic carbocycles. The molecule has 0 atom stereocenters. The second kappa shape index (κ2) is 6.46. The first-order valence-electron chi connectivity index (χ1n) is 7.20. The maximum Gasteiger partial charge on any atom is 0.488 e. The molecule has 1 aliphatic rings. The Morgan fingerprint density at radius 1 is 0.619 bits per heavy atom. The summed E-state index contributed by atoms with van der Waals surface area (Å²) in [7, 11) is 1.42. The standard InChI is InChI=1S/C12H10.C6H12BO2/c1-3-7-11(8-4-1)12-9-5-2-6-10-12;1-5(2)6(3,4)9-7-8-5/h1-10H;1-4H3. The smallest absolute Gasteiger partial charge is 0.405 e. The zero-order valence-corrected chi connectivity index (χ0v) is 13.2. The molecule has 2 aromatic carbocycles. The molecule has 0 amide bonds. The molecule has 1 aliphatic heterocycles. The highest BCUT2D eigenvalue weighted by atomic mass is 16.7. The van der Waals surface area contributed by atoms with Gasteiger partial charge in [-0.05, 0) is 38.8 Å². The Labute approximate surface area is 128 Å². The molecule has 0 aromatic heterocycles. The number of benzene rings is 2. The molecule has 0 unspecified atom stereocenters. The third-order valence-corrected chi connectivity index (χ3v) is 4.02. The predicted molar refractivity (Wildman–Crippen MR) is 88.0 cm³/mol. The van der Waals surface area contributed by atoms with Crippen molar-refractivity contribution < 1.29 is 9.31 Å². The predicted octanol–water partition coefficient (Wildman–Crippen LogP) is 4.48. The summed E-state index contributed by atoms with van der Waals surface area (Å²) < 4.78 is 10.4. The first kappa shape index (κ1) is 15.8. The van der Waals surface area contributed by atoms with Crippen LogP contribution in [-0.4, -0.2) is 18.9 Å². The van der Waals surface area contributed by atoms with Gasteiger partial charge < -0.3 is 9.31 Å². The molecule has 0 saturated carbocycles. The topological polar surface area (TPSA) is 18.5 Å². The van der Waals surface area contributed by atoms with Crippen molar-refractivity contribution >= 4 is 7.69 Å². The highest BCUT2D eigenvalue weighted by Crippen LogP contribution is 2.33. The van der Waals surface area contributed by atoms with E-state index in [2.05, 4.69) is 48.5 Å². The van der Waals surface area contributed by atoms with Crippen molar-refractivity contribution in [2.75, 3.05) is 0 Å². The van der Waals surface area contributed by atoms with Crippen molar-refractivity contribution in [3.63, 3.8) is 0 Å². The van der Waals surface area contributed by atoms with Crippen LogP contribution in [0.5, 0.6) is 0 Å². The van der Waals surface area contributed by atoms with Gasteiger partial charge in [0.1, 0.15) is 0 Å². The number of hydrogen-bond donors (Lipinski definition) is 0. The molecule has 0 N–H and O–H groups in total. The molecule has 1 radical (unpaired) electrons. The van der Waals surface area contributed by atoms with Gasteiger partial charge in [0, 0.05) is 0 Å². The Kier molecular flexibility index (Phi) is 4.86. The van der Waals surface area contributed by atoms with Crippen LogP contribution < -0.4 is 0 Å². The molecule has 109 valence electrons. The maximum absolute atomic E-state index is 5.21. The van der Waals surface area contributed by atoms with E-state index < -0.39 is 0 Å². The lowest BCUT2D eigenvalue weighted by Gasteiger charge is -2.32. The Morgan fingerprint density at radius 2 is 0.952 bits per heavy atom. The summed E-state index contributed by atoms with van der Waals surface area (Å²) in [5, 5.41) is 0. The summed E-state index contributed by atoms with van der Waals surface area (Å²) in [5.41, 5.74) is 2.18. The monoisotopic (exact) mass is 281 g/mol. The maximum atomic E-state index is 5.21. The summed E-state index contributed by atoms with van der Waals surface area (Å²) in [6.07, 6.45) is 0. The number of hydrogen-bond acceptors (Lipinski definition) is 2. The molecule has 1 fully saturated rings. The second-order valence-electron chi connectivity index (χ2n) is 6.08. The lowest BCUT2D eigenvalue weighted by molar-refractivity contribution is 0.00578. The van der Waals surface area contributed by atoms with Crippen molar-refractivity contribution in [2.45, 2.75) is 38.9 Å².